The Morgan fingerprint density at radius 3 is 2.35 bits per heavy atom. The lowest BCUT2D eigenvalue weighted by Crippen LogP contribution is -2.35. The highest BCUT2D eigenvalue weighted by molar-refractivity contribution is 7.92. The lowest BCUT2D eigenvalue weighted by Gasteiger charge is -2.25. The molecule has 31 heavy (non-hydrogen) atoms. The van der Waals surface area contributed by atoms with Crippen molar-refractivity contribution in [3.63, 3.8) is 0 Å². The van der Waals surface area contributed by atoms with Gasteiger partial charge in [-0.1, -0.05) is 48.0 Å². The molecule has 1 unspecified atom stereocenters. The van der Waals surface area contributed by atoms with Gasteiger partial charge in [-0.2, -0.15) is 0 Å². The Labute approximate surface area is 187 Å². The Kier molecular flexibility index (Phi) is 5.77. The lowest BCUT2D eigenvalue weighted by atomic mass is 10.1. The number of rotatable bonds is 5. The molecule has 1 amide bonds. The summed E-state index contributed by atoms with van der Waals surface area (Å²) in [6.45, 7) is 2.14. The van der Waals surface area contributed by atoms with Gasteiger partial charge in [0.05, 0.1) is 18.5 Å². The zero-order valence-electron chi connectivity index (χ0n) is 17.3. The molecule has 0 aromatic heterocycles. The van der Waals surface area contributed by atoms with Crippen LogP contribution in [0.5, 0.6) is 0 Å². The van der Waals surface area contributed by atoms with Gasteiger partial charge in [0.25, 0.3) is 5.91 Å². The molecule has 0 fully saturated rings. The summed E-state index contributed by atoms with van der Waals surface area (Å²) in [7, 11) is -3.55. The summed E-state index contributed by atoms with van der Waals surface area (Å²) in [6.07, 6.45) is 1.98. The highest BCUT2D eigenvalue weighted by Crippen LogP contribution is 2.33. The average Bonchev–Trinajstić information content (AvgIpc) is 3.07. The average molecular weight is 455 g/mol. The highest BCUT2D eigenvalue weighted by Gasteiger charge is 2.31. The molecule has 1 atom stereocenters. The van der Waals surface area contributed by atoms with Crippen molar-refractivity contribution >= 4 is 38.9 Å². The maximum Gasteiger partial charge on any atom is 0.258 e. The molecular formula is C24H23ClN2O3S. The summed E-state index contributed by atoms with van der Waals surface area (Å²) >= 11 is 6.23. The minimum absolute atomic E-state index is 0.0670. The van der Waals surface area contributed by atoms with Gasteiger partial charge in [-0.05, 0) is 60.9 Å². The van der Waals surface area contributed by atoms with E-state index in [1.54, 1.807) is 42.5 Å². The molecule has 0 bridgehead atoms. The number of sulfonamides is 1. The molecule has 1 aliphatic rings. The van der Waals surface area contributed by atoms with Crippen molar-refractivity contribution in [1.29, 1.82) is 0 Å². The lowest BCUT2D eigenvalue weighted by molar-refractivity contribution is 0.0981. The molecule has 3 aromatic rings. The van der Waals surface area contributed by atoms with Crippen molar-refractivity contribution < 1.29 is 13.2 Å². The zero-order valence-corrected chi connectivity index (χ0v) is 18.9. The molecule has 0 radical (unpaired) electrons. The molecule has 1 heterocycles. The molecule has 4 rings (SSSR count). The van der Waals surface area contributed by atoms with Gasteiger partial charge in [-0.25, -0.2) is 8.42 Å². The maximum atomic E-state index is 13.2. The predicted octanol–water partition coefficient (Wildman–Crippen LogP) is 4.90. The third-order valence-electron chi connectivity index (χ3n) is 5.50. The number of anilines is 2. The number of fused-ring (bicyclic) bond motifs is 1. The molecule has 0 saturated carbocycles. The minimum Gasteiger partial charge on any atom is -0.305 e. The van der Waals surface area contributed by atoms with Crippen LogP contribution in [0.25, 0.3) is 0 Å². The van der Waals surface area contributed by atoms with Crippen LogP contribution in [0, 0.1) is 0 Å². The Morgan fingerprint density at radius 1 is 1.03 bits per heavy atom. The molecule has 3 aromatic carbocycles. The van der Waals surface area contributed by atoms with Crippen LogP contribution in [-0.2, 0) is 23.0 Å². The van der Waals surface area contributed by atoms with E-state index in [2.05, 4.69) is 0 Å². The van der Waals surface area contributed by atoms with E-state index in [9.17, 15) is 13.2 Å². The number of carbonyl (C=O) groups excluding carboxylic acids is 1. The van der Waals surface area contributed by atoms with Crippen molar-refractivity contribution in [3.8, 4) is 0 Å². The van der Waals surface area contributed by atoms with E-state index >= 15 is 0 Å². The number of halogens is 1. The quantitative estimate of drug-likeness (QED) is 0.551. The van der Waals surface area contributed by atoms with Crippen molar-refractivity contribution in [3.05, 3.63) is 94.5 Å². The molecule has 160 valence electrons. The van der Waals surface area contributed by atoms with Crippen molar-refractivity contribution in [2.24, 2.45) is 0 Å². The van der Waals surface area contributed by atoms with Gasteiger partial charge in [0.1, 0.15) is 0 Å². The topological polar surface area (TPSA) is 57.7 Å². The van der Waals surface area contributed by atoms with Crippen molar-refractivity contribution in [2.75, 3.05) is 15.5 Å². The monoisotopic (exact) mass is 454 g/mol. The largest absolute Gasteiger partial charge is 0.305 e. The summed E-state index contributed by atoms with van der Waals surface area (Å²) < 4.78 is 26.2. The van der Waals surface area contributed by atoms with Gasteiger partial charge in [0.2, 0.25) is 10.0 Å². The minimum atomic E-state index is -3.55. The molecule has 0 N–H and O–H groups in total. The molecule has 1 aliphatic heterocycles. The Balaban J connectivity index is 1.62. The second kappa shape index (κ2) is 8.36. The van der Waals surface area contributed by atoms with Crippen LogP contribution in [0.4, 0.5) is 11.4 Å². The van der Waals surface area contributed by atoms with Gasteiger partial charge in [-0.3, -0.25) is 9.10 Å². The molecule has 0 saturated heterocycles. The van der Waals surface area contributed by atoms with Crippen LogP contribution in [0.2, 0.25) is 5.02 Å². The SMILES string of the molecule is CC1Cc2ccccc2N1C(=O)c1ccc(N(Cc2ccccc2Cl)S(C)(=O)=O)cc1. The van der Waals surface area contributed by atoms with Gasteiger partial charge in [0.15, 0.2) is 0 Å². The number of para-hydroxylation sites is 1. The first kappa shape index (κ1) is 21.4. The molecule has 5 nitrogen and oxygen atoms in total. The van der Waals surface area contributed by atoms with Gasteiger partial charge in [-0.15, -0.1) is 0 Å². The zero-order chi connectivity index (χ0) is 22.2. The summed E-state index contributed by atoms with van der Waals surface area (Å²) in [5.74, 6) is -0.0963. The maximum absolute atomic E-state index is 13.2. The van der Waals surface area contributed by atoms with E-state index in [0.717, 1.165) is 23.9 Å². The highest BCUT2D eigenvalue weighted by atomic mass is 35.5. The number of benzene rings is 3. The van der Waals surface area contributed by atoms with Crippen LogP contribution >= 0.6 is 11.6 Å². The predicted molar refractivity (Wildman–Crippen MR) is 125 cm³/mol. The fourth-order valence-electron chi connectivity index (χ4n) is 3.97. The third-order valence-corrected chi connectivity index (χ3v) is 7.01. The Morgan fingerprint density at radius 2 is 1.68 bits per heavy atom. The number of carbonyl (C=O) groups is 1. The number of amides is 1. The first-order valence-electron chi connectivity index (χ1n) is 9.98. The van der Waals surface area contributed by atoms with E-state index in [1.165, 1.54) is 4.31 Å². The fourth-order valence-corrected chi connectivity index (χ4v) is 5.04. The second-order valence-electron chi connectivity index (χ2n) is 7.76. The standard InChI is InChI=1S/C24H23ClN2O3S/c1-17-15-19-7-4-6-10-23(19)27(17)24(28)18-11-13-21(14-12-18)26(31(2,29)30)16-20-8-3-5-9-22(20)25/h3-14,17H,15-16H2,1-2H3. The van der Waals surface area contributed by atoms with Gasteiger partial charge < -0.3 is 4.90 Å². The van der Waals surface area contributed by atoms with Crippen LogP contribution in [0.3, 0.4) is 0 Å². The molecule has 0 aliphatic carbocycles. The summed E-state index contributed by atoms with van der Waals surface area (Å²) in [5.41, 5.74) is 3.79. The number of hydrogen-bond donors (Lipinski definition) is 0. The van der Waals surface area contributed by atoms with Gasteiger partial charge in [0, 0.05) is 22.3 Å². The number of nitrogens with zero attached hydrogens (tertiary/aromatic N) is 2. The van der Waals surface area contributed by atoms with Crippen LogP contribution in [0.1, 0.15) is 28.4 Å². The normalized spacial score (nSPS) is 15.6. The summed E-state index contributed by atoms with van der Waals surface area (Å²) in [4.78, 5) is 15.0. The molecular weight excluding hydrogens is 432 g/mol. The van der Waals surface area contributed by atoms with E-state index in [0.29, 0.717) is 21.8 Å². The van der Waals surface area contributed by atoms with E-state index in [4.69, 9.17) is 11.6 Å². The molecule has 7 heteroatoms. The Bertz CT molecular complexity index is 1230. The van der Waals surface area contributed by atoms with Crippen LogP contribution in [0.15, 0.2) is 72.8 Å². The van der Waals surface area contributed by atoms with Crippen LogP contribution < -0.4 is 9.21 Å². The Hall–Kier alpha value is -2.83. The smallest absolute Gasteiger partial charge is 0.258 e. The summed E-state index contributed by atoms with van der Waals surface area (Å²) in [6, 6.07) is 21.8. The first-order chi connectivity index (χ1) is 14.8. The number of hydrogen-bond acceptors (Lipinski definition) is 3. The van der Waals surface area contributed by atoms with E-state index in [1.807, 2.05) is 42.2 Å². The van der Waals surface area contributed by atoms with Crippen molar-refractivity contribution in [2.45, 2.75) is 25.9 Å². The first-order valence-corrected chi connectivity index (χ1v) is 12.2. The third kappa shape index (κ3) is 4.31. The van der Waals surface area contributed by atoms with E-state index in [-0.39, 0.29) is 18.5 Å². The van der Waals surface area contributed by atoms with Crippen LogP contribution in [-0.4, -0.2) is 26.6 Å². The van der Waals surface area contributed by atoms with E-state index < -0.39 is 10.0 Å². The summed E-state index contributed by atoms with van der Waals surface area (Å²) in [5, 5.41) is 0.504. The second-order valence-corrected chi connectivity index (χ2v) is 10.1. The molecule has 0 spiro atoms. The van der Waals surface area contributed by atoms with Gasteiger partial charge >= 0.3 is 0 Å². The fraction of sp³-hybridized carbons (Fsp3) is 0.208. The van der Waals surface area contributed by atoms with Crippen molar-refractivity contribution in [1.82, 2.24) is 0 Å².